The van der Waals surface area contributed by atoms with Crippen molar-refractivity contribution in [3.8, 4) is 68.5 Å². The maximum Gasteiger partial charge on any atom is 2.00 e. The zero-order valence-electron chi connectivity index (χ0n) is 43.2. The summed E-state index contributed by atoms with van der Waals surface area (Å²) in [6.45, 7) is 6.06. The van der Waals surface area contributed by atoms with Crippen molar-refractivity contribution in [2.24, 2.45) is 7.05 Å². The van der Waals surface area contributed by atoms with Crippen LogP contribution in [0.3, 0.4) is 0 Å². The van der Waals surface area contributed by atoms with Gasteiger partial charge in [0.1, 0.15) is 47.9 Å². The van der Waals surface area contributed by atoms with Gasteiger partial charge in [-0.1, -0.05) is 81.4 Å². The zero-order valence-corrected chi connectivity index (χ0v) is 44.2. The molecule has 0 aliphatic carbocycles. The summed E-state index contributed by atoms with van der Waals surface area (Å²) in [4.78, 5) is 83.7. The summed E-state index contributed by atoms with van der Waals surface area (Å²) in [5, 5.41) is 41.7. The van der Waals surface area contributed by atoms with Gasteiger partial charge in [-0.15, -0.1) is 0 Å². The second-order valence-corrected chi connectivity index (χ2v) is 20.1. The monoisotopic (exact) mass is 1130 g/mol. The van der Waals surface area contributed by atoms with Crippen LogP contribution in [0.25, 0.3) is 89.7 Å². The Morgan fingerprint density at radius 2 is 0.877 bits per heavy atom. The van der Waals surface area contributed by atoms with E-state index in [0.29, 0.717) is 73.5 Å². The van der Waals surface area contributed by atoms with E-state index in [1.54, 1.807) is 30.3 Å². The van der Waals surface area contributed by atoms with Gasteiger partial charge in [0.15, 0.2) is 0 Å². The molecular weight excluding hydrogens is 1080 g/mol. The molecule has 7 aromatic carbocycles. The molecule has 0 fully saturated rings. The van der Waals surface area contributed by atoms with E-state index in [9.17, 15) is 39.6 Å². The molecule has 0 atom stereocenters. The smallest absolute Gasteiger partial charge is 0.489 e. The topological polar surface area (TPSA) is 273 Å². The molecule has 10 aromatic rings. The summed E-state index contributed by atoms with van der Waals surface area (Å²) in [6, 6.07) is 39.0. The van der Waals surface area contributed by atoms with E-state index in [2.05, 4.69) is 32.9 Å². The van der Waals surface area contributed by atoms with E-state index in [-0.39, 0.29) is 75.2 Å². The average Bonchev–Trinajstić information content (AvgIpc) is 4.19. The minimum atomic E-state index is -1.35. The first-order valence-corrected chi connectivity index (χ1v) is 24.9. The Morgan fingerprint density at radius 3 is 1.32 bits per heavy atom. The quantitative estimate of drug-likeness (QED) is 0.0654. The summed E-state index contributed by atoms with van der Waals surface area (Å²) < 4.78 is 20.5. The van der Waals surface area contributed by atoms with Crippen LogP contribution in [0.2, 0.25) is 0 Å². The van der Waals surface area contributed by atoms with Crippen molar-refractivity contribution in [2.45, 2.75) is 39.4 Å². The van der Waals surface area contributed by atoms with Crippen LogP contribution in [-0.2, 0) is 42.7 Å². The van der Waals surface area contributed by atoms with Crippen LogP contribution in [0.1, 0.15) is 78.9 Å². The van der Waals surface area contributed by atoms with E-state index < -0.39 is 23.9 Å². The van der Waals surface area contributed by atoms with E-state index in [1.807, 2.05) is 72.3 Å². The summed E-state index contributed by atoms with van der Waals surface area (Å²) in [6.07, 6.45) is 0. The van der Waals surface area contributed by atoms with E-state index in [4.69, 9.17) is 49.1 Å². The minimum Gasteiger partial charge on any atom is -0.489 e. The third-order valence-electron chi connectivity index (χ3n) is 13.6. The van der Waals surface area contributed by atoms with Crippen LogP contribution in [0.15, 0.2) is 140 Å². The van der Waals surface area contributed by atoms with E-state index in [1.165, 1.54) is 24.3 Å². The predicted molar refractivity (Wildman–Crippen MR) is 292 cm³/mol. The average molecular weight is 1130 g/mol. The van der Waals surface area contributed by atoms with Gasteiger partial charge < -0.3 is 64.5 Å². The van der Waals surface area contributed by atoms with Crippen LogP contribution in [0.5, 0.6) is 23.0 Å². The van der Waals surface area contributed by atoms with Crippen molar-refractivity contribution in [1.82, 2.24) is 34.9 Å². The number of carboxylic acid groups (broad SMARTS) is 4. The Balaban J connectivity index is 0.00000690. The molecule has 0 saturated heterocycles. The van der Waals surface area contributed by atoms with Gasteiger partial charge in [-0.05, 0) is 123 Å². The van der Waals surface area contributed by atoms with Crippen molar-refractivity contribution >= 4 is 68.0 Å². The first-order chi connectivity index (χ1) is 38.4. The van der Waals surface area contributed by atoms with Crippen LogP contribution in [0.4, 0.5) is 0 Å². The zero-order chi connectivity index (χ0) is 55.7. The van der Waals surface area contributed by atoms with Crippen molar-refractivity contribution in [3.05, 3.63) is 178 Å². The second kappa shape index (κ2) is 20.5. The van der Waals surface area contributed by atoms with Gasteiger partial charge >= 0.3 is 40.9 Å². The molecule has 20 heteroatoms. The van der Waals surface area contributed by atoms with Crippen molar-refractivity contribution in [2.75, 3.05) is 0 Å². The van der Waals surface area contributed by atoms with Gasteiger partial charge in [0, 0.05) is 44.8 Å². The van der Waals surface area contributed by atoms with Gasteiger partial charge in [-0.2, -0.15) is 0 Å². The summed E-state index contributed by atoms with van der Waals surface area (Å²) in [5.74, 6) is -2.87. The third-order valence-corrected chi connectivity index (χ3v) is 13.6. The first-order valence-electron chi connectivity index (χ1n) is 24.9. The van der Waals surface area contributed by atoms with Gasteiger partial charge in [0.25, 0.3) is 0 Å². The molecule has 0 amide bonds. The molecule has 403 valence electrons. The fraction of sp³-hybridized carbons (Fsp3) is 0.115. The van der Waals surface area contributed by atoms with Gasteiger partial charge in [-0.25, -0.2) is 24.2 Å². The van der Waals surface area contributed by atoms with Crippen LogP contribution in [-0.4, -0.2) is 69.2 Å². The maximum atomic E-state index is 11.9. The van der Waals surface area contributed by atoms with Crippen LogP contribution in [0, 0.1) is 0 Å². The van der Waals surface area contributed by atoms with Crippen LogP contribution < -0.4 is 28.7 Å². The normalized spacial score (nSPS) is 11.6. The van der Waals surface area contributed by atoms with Crippen molar-refractivity contribution < 1.29 is 75.5 Å². The number of rotatable bonds is 12. The molecule has 1 radical (unpaired) electrons. The summed E-state index contributed by atoms with van der Waals surface area (Å²) in [7, 11) is 1.89. The third kappa shape index (κ3) is 10.1. The second-order valence-electron chi connectivity index (χ2n) is 20.1. The molecule has 4 N–H and O–H groups in total. The Kier molecular flexibility index (Phi) is 13.3. The number of nitrogens with zero attached hydrogens (tertiary/aromatic N) is 8. The molecule has 8 bridgehead atoms. The Morgan fingerprint density at radius 1 is 0.457 bits per heavy atom. The summed E-state index contributed by atoms with van der Waals surface area (Å²) >= 11 is 0. The standard InChI is InChI=1S/C61H44N8O11.Cu/c1-61(2,3)36-13-15-43-47(26-36)53-65-51(43)63-49-41-9-5-6-10-42(41)50(62-49)64-52-44-16-14-37(27-48(44)54(66-52)68-56-46-12-8-7-11-45(46)55(67-53)69(56)4)80-40-18-30(28-78-38-22-32(57(70)71)20-33(23-38)58(72)73)17-31(19-40)29-79-39-24-34(59(74)75)21-35(25-39)60(76)77;/h5-27H,28-29H2,1-4H3,(H5,62,63,64,65,66,67,68,70,71,72,73,74,75,76,77);/q;+2/p-1. The molecule has 2 aliphatic rings. The Bertz CT molecular complexity index is 4350. The number of hydrogen-bond donors (Lipinski definition) is 4. The number of carbonyl (C=O) groups is 4. The number of fused-ring (bicyclic) bond motifs is 20. The van der Waals surface area contributed by atoms with Gasteiger partial charge in [0.2, 0.25) is 0 Å². The molecule has 5 heterocycles. The fourth-order valence-corrected chi connectivity index (χ4v) is 9.69. The minimum absolute atomic E-state index is 0. The molecule has 0 spiro atoms. The summed E-state index contributed by atoms with van der Waals surface area (Å²) in [5.41, 5.74) is 5.44. The molecule has 0 unspecified atom stereocenters. The number of carboxylic acids is 4. The molecule has 0 saturated carbocycles. The molecule has 12 rings (SSSR count). The molecule has 19 nitrogen and oxygen atoms in total. The van der Waals surface area contributed by atoms with Crippen molar-refractivity contribution in [1.29, 1.82) is 0 Å². The molecule has 2 aliphatic heterocycles. The van der Waals surface area contributed by atoms with Crippen LogP contribution >= 0.6 is 0 Å². The van der Waals surface area contributed by atoms with Gasteiger partial charge in [-0.3, -0.25) is 4.57 Å². The Labute approximate surface area is 469 Å². The van der Waals surface area contributed by atoms with E-state index in [0.717, 1.165) is 50.7 Å². The SMILES string of the molecule is C[n+]1c2nc3[n-]c(nc4nc(nc5[n-]c(nc1-c1ccccc1-2)c1cc(C(C)(C)C)ccc51)-c1ccccc1-4)c1ccc(Oc2cc(COc4cc(C(=O)O)cc(C(=O)O)c4)cc(COc4cc(C(=O)O)cc(C(=O)O)c4)c2)cc31.[Cu+2]. The first kappa shape index (κ1) is 52.7. The fourth-order valence-electron chi connectivity index (χ4n) is 9.69. The van der Waals surface area contributed by atoms with Crippen molar-refractivity contribution in [3.63, 3.8) is 0 Å². The number of ether oxygens (including phenoxy) is 3. The number of benzene rings is 7. The predicted octanol–water partition coefficient (Wildman–Crippen LogP) is 10.6. The number of aromatic nitrogens is 8. The largest absolute Gasteiger partial charge is 2.00 e. The molecule has 3 aromatic heterocycles. The Hall–Kier alpha value is -10.3. The maximum absolute atomic E-state index is 11.9. The van der Waals surface area contributed by atoms with Gasteiger partial charge in [0.05, 0.1) is 41.0 Å². The molecular formula is C61H43CuN8O11+. The molecule has 81 heavy (non-hydrogen) atoms. The number of aromatic carboxylic acids is 4. The van der Waals surface area contributed by atoms with E-state index >= 15 is 0 Å². The number of hydrogen-bond acceptors (Lipinski definition) is 12.